The molecule has 128 valence electrons. The van der Waals surface area contributed by atoms with Crippen molar-refractivity contribution in [3.8, 4) is 5.75 Å². The summed E-state index contributed by atoms with van der Waals surface area (Å²) in [5.74, 6) is 1.22. The fourth-order valence-corrected chi connectivity index (χ4v) is 2.46. The molecule has 1 heterocycles. The molecule has 0 saturated carbocycles. The van der Waals surface area contributed by atoms with Crippen molar-refractivity contribution in [3.63, 3.8) is 0 Å². The number of benzene rings is 2. The Morgan fingerprint density at radius 1 is 1.08 bits per heavy atom. The van der Waals surface area contributed by atoms with Crippen molar-refractivity contribution in [1.29, 1.82) is 0 Å². The highest BCUT2D eigenvalue weighted by Gasteiger charge is 2.04. The number of ether oxygens (including phenoxy) is 1. The predicted octanol–water partition coefficient (Wildman–Crippen LogP) is 3.43. The normalized spacial score (nSPS) is 11.0. The Labute approximate surface area is 147 Å². The molecule has 1 aromatic heterocycles. The topological polar surface area (TPSA) is 68.7 Å². The van der Waals surface area contributed by atoms with Gasteiger partial charge in [-0.05, 0) is 48.9 Å². The average molecular weight is 335 g/mol. The third-order valence-corrected chi connectivity index (χ3v) is 3.91. The summed E-state index contributed by atoms with van der Waals surface area (Å²) in [7, 11) is 3.69. The van der Waals surface area contributed by atoms with Gasteiger partial charge in [0.15, 0.2) is 0 Å². The van der Waals surface area contributed by atoms with Crippen LogP contribution < -0.4 is 15.4 Å². The monoisotopic (exact) mass is 335 g/mol. The van der Waals surface area contributed by atoms with Crippen LogP contribution in [0.2, 0.25) is 0 Å². The minimum absolute atomic E-state index is 0.379. The SMILES string of the molecule is COc1ccc(N(C)c2ccc(C=Nn3cc(C)nc3N)cc2)cc1. The van der Waals surface area contributed by atoms with Crippen LogP contribution in [-0.4, -0.2) is 30.0 Å². The zero-order chi connectivity index (χ0) is 17.8. The van der Waals surface area contributed by atoms with E-state index in [-0.39, 0.29) is 0 Å². The Kier molecular flexibility index (Phi) is 4.70. The molecular formula is C19H21N5O. The Morgan fingerprint density at radius 3 is 2.20 bits per heavy atom. The van der Waals surface area contributed by atoms with Crippen molar-refractivity contribution < 1.29 is 4.74 Å². The maximum absolute atomic E-state index is 5.78. The van der Waals surface area contributed by atoms with Gasteiger partial charge in [0.1, 0.15) is 5.75 Å². The van der Waals surface area contributed by atoms with Gasteiger partial charge in [0, 0.05) is 18.4 Å². The number of anilines is 3. The second kappa shape index (κ2) is 7.09. The molecule has 0 aliphatic rings. The number of nitrogen functional groups attached to an aromatic ring is 1. The smallest absolute Gasteiger partial charge is 0.221 e. The maximum atomic E-state index is 5.78. The minimum atomic E-state index is 0.379. The molecule has 0 amide bonds. The van der Waals surface area contributed by atoms with Gasteiger partial charge in [0.05, 0.1) is 25.2 Å². The molecule has 3 aromatic rings. The van der Waals surface area contributed by atoms with E-state index in [0.29, 0.717) is 5.95 Å². The third-order valence-electron chi connectivity index (χ3n) is 3.91. The highest BCUT2D eigenvalue weighted by Crippen LogP contribution is 2.25. The summed E-state index contributed by atoms with van der Waals surface area (Å²) in [4.78, 5) is 6.23. The summed E-state index contributed by atoms with van der Waals surface area (Å²) in [6, 6.07) is 16.1. The summed E-state index contributed by atoms with van der Waals surface area (Å²) in [6.07, 6.45) is 3.55. The van der Waals surface area contributed by atoms with E-state index in [9.17, 15) is 0 Å². The van der Waals surface area contributed by atoms with E-state index in [4.69, 9.17) is 10.5 Å². The zero-order valence-corrected chi connectivity index (χ0v) is 14.5. The summed E-state index contributed by atoms with van der Waals surface area (Å²) in [5, 5.41) is 4.33. The molecule has 2 N–H and O–H groups in total. The summed E-state index contributed by atoms with van der Waals surface area (Å²) in [5.41, 5.74) is 9.77. The molecule has 0 aliphatic carbocycles. The fraction of sp³-hybridized carbons (Fsp3) is 0.158. The largest absolute Gasteiger partial charge is 0.497 e. The lowest BCUT2D eigenvalue weighted by atomic mass is 10.2. The van der Waals surface area contributed by atoms with Gasteiger partial charge in [-0.2, -0.15) is 5.10 Å². The molecule has 6 nitrogen and oxygen atoms in total. The highest BCUT2D eigenvalue weighted by molar-refractivity contribution is 5.80. The molecule has 0 aliphatic heterocycles. The minimum Gasteiger partial charge on any atom is -0.497 e. The number of nitrogens with zero attached hydrogens (tertiary/aromatic N) is 4. The molecule has 0 saturated heterocycles. The third kappa shape index (κ3) is 3.80. The van der Waals surface area contributed by atoms with Crippen molar-refractivity contribution in [1.82, 2.24) is 9.66 Å². The van der Waals surface area contributed by atoms with E-state index >= 15 is 0 Å². The van der Waals surface area contributed by atoms with Crippen molar-refractivity contribution in [2.45, 2.75) is 6.92 Å². The van der Waals surface area contributed by atoms with E-state index in [1.165, 1.54) is 0 Å². The van der Waals surface area contributed by atoms with E-state index in [1.807, 2.05) is 62.5 Å². The standard InChI is InChI=1S/C19H21N5O/c1-14-13-24(19(20)22-14)21-12-15-4-6-16(7-5-15)23(2)17-8-10-18(25-3)11-9-17/h4-13H,1-3H3,(H2,20,22). The molecule has 0 unspecified atom stereocenters. The molecule has 0 fully saturated rings. The molecule has 0 radical (unpaired) electrons. The lowest BCUT2D eigenvalue weighted by Gasteiger charge is -2.19. The molecular weight excluding hydrogens is 314 g/mol. The number of aromatic nitrogens is 2. The number of hydrogen-bond donors (Lipinski definition) is 1. The number of rotatable bonds is 5. The van der Waals surface area contributed by atoms with Gasteiger partial charge >= 0.3 is 0 Å². The number of methoxy groups -OCH3 is 1. The lowest BCUT2D eigenvalue weighted by Crippen LogP contribution is -2.09. The molecule has 0 atom stereocenters. The Hall–Kier alpha value is -3.28. The highest BCUT2D eigenvalue weighted by atomic mass is 16.5. The van der Waals surface area contributed by atoms with E-state index in [1.54, 1.807) is 24.2 Å². The molecule has 25 heavy (non-hydrogen) atoms. The average Bonchev–Trinajstić information content (AvgIpc) is 2.97. The Balaban J connectivity index is 1.73. The van der Waals surface area contributed by atoms with Crippen LogP contribution in [0.1, 0.15) is 11.3 Å². The molecule has 6 heteroatoms. The van der Waals surface area contributed by atoms with Gasteiger partial charge in [-0.1, -0.05) is 12.1 Å². The number of hydrogen-bond acceptors (Lipinski definition) is 5. The quantitative estimate of drug-likeness (QED) is 0.725. The number of nitrogens with two attached hydrogens (primary N) is 1. The predicted molar refractivity (Wildman–Crippen MR) is 102 cm³/mol. The van der Waals surface area contributed by atoms with E-state index in [0.717, 1.165) is 28.4 Å². The van der Waals surface area contributed by atoms with Gasteiger partial charge in [0.2, 0.25) is 5.95 Å². The van der Waals surface area contributed by atoms with Crippen LogP contribution in [0.15, 0.2) is 59.8 Å². The fourth-order valence-electron chi connectivity index (χ4n) is 2.46. The van der Waals surface area contributed by atoms with E-state index < -0.39 is 0 Å². The van der Waals surface area contributed by atoms with Crippen LogP contribution in [0.4, 0.5) is 17.3 Å². The maximum Gasteiger partial charge on any atom is 0.221 e. The van der Waals surface area contributed by atoms with Crippen LogP contribution in [-0.2, 0) is 0 Å². The molecule has 3 rings (SSSR count). The van der Waals surface area contributed by atoms with Gasteiger partial charge in [-0.3, -0.25) is 0 Å². The molecule has 0 spiro atoms. The van der Waals surface area contributed by atoms with Crippen molar-refractivity contribution in [2.24, 2.45) is 5.10 Å². The first-order chi connectivity index (χ1) is 12.1. The van der Waals surface area contributed by atoms with Crippen molar-refractivity contribution >= 4 is 23.5 Å². The first-order valence-corrected chi connectivity index (χ1v) is 7.90. The van der Waals surface area contributed by atoms with Crippen molar-refractivity contribution in [3.05, 3.63) is 66.0 Å². The van der Waals surface area contributed by atoms with Gasteiger partial charge in [-0.15, -0.1) is 0 Å². The van der Waals surface area contributed by atoms with Gasteiger partial charge in [0.25, 0.3) is 0 Å². The van der Waals surface area contributed by atoms with Gasteiger partial charge in [-0.25, -0.2) is 9.66 Å². The first kappa shape index (κ1) is 16.6. The molecule has 0 bridgehead atoms. The second-order valence-corrected chi connectivity index (χ2v) is 5.68. The van der Waals surface area contributed by atoms with Gasteiger partial charge < -0.3 is 15.4 Å². The van der Waals surface area contributed by atoms with Crippen LogP contribution >= 0.6 is 0 Å². The van der Waals surface area contributed by atoms with Crippen LogP contribution in [0.3, 0.4) is 0 Å². The summed E-state index contributed by atoms with van der Waals surface area (Å²) < 4.78 is 6.76. The number of imidazole rings is 1. The summed E-state index contributed by atoms with van der Waals surface area (Å²) >= 11 is 0. The van der Waals surface area contributed by atoms with Crippen LogP contribution in [0, 0.1) is 6.92 Å². The second-order valence-electron chi connectivity index (χ2n) is 5.68. The first-order valence-electron chi connectivity index (χ1n) is 7.90. The van der Waals surface area contributed by atoms with E-state index in [2.05, 4.69) is 15.0 Å². The van der Waals surface area contributed by atoms with Crippen LogP contribution in [0.25, 0.3) is 0 Å². The summed E-state index contributed by atoms with van der Waals surface area (Å²) in [6.45, 7) is 1.88. The Bertz CT molecular complexity index is 866. The van der Waals surface area contributed by atoms with Crippen LogP contribution in [0.5, 0.6) is 5.75 Å². The zero-order valence-electron chi connectivity index (χ0n) is 14.5. The van der Waals surface area contributed by atoms with Crippen molar-refractivity contribution in [2.75, 3.05) is 24.8 Å². The molecule has 2 aromatic carbocycles. The lowest BCUT2D eigenvalue weighted by molar-refractivity contribution is 0.415. The number of aryl methyl sites for hydroxylation is 1. The Morgan fingerprint density at radius 2 is 1.68 bits per heavy atom.